The zero-order valence-corrected chi connectivity index (χ0v) is 10.3. The van der Waals surface area contributed by atoms with Gasteiger partial charge >= 0.3 is 0 Å². The van der Waals surface area contributed by atoms with Crippen molar-refractivity contribution in [2.45, 2.75) is 0 Å². The van der Waals surface area contributed by atoms with Crippen molar-refractivity contribution in [2.75, 3.05) is 5.32 Å². The summed E-state index contributed by atoms with van der Waals surface area (Å²) >= 11 is 1.67. The summed E-state index contributed by atoms with van der Waals surface area (Å²) in [5, 5.41) is 3.61. The van der Waals surface area contributed by atoms with Crippen LogP contribution in [0.3, 0.4) is 0 Å². The lowest BCUT2D eigenvalue weighted by molar-refractivity contribution is -0.105. The Bertz CT molecular complexity index is 655. The molecule has 0 unspecified atom stereocenters. The summed E-state index contributed by atoms with van der Waals surface area (Å²) in [7, 11) is 0. The Balaban J connectivity index is 2.00. The summed E-state index contributed by atoms with van der Waals surface area (Å²) in [6, 6.07) is 15.7. The van der Waals surface area contributed by atoms with E-state index in [0.29, 0.717) is 6.41 Å². The van der Waals surface area contributed by atoms with E-state index in [-0.39, 0.29) is 0 Å². The minimum Gasteiger partial charge on any atom is -0.329 e. The molecular formula is C14H10N2OS. The molecule has 1 amide bonds. The number of thiazole rings is 1. The number of fused-ring (bicyclic) bond motifs is 1. The lowest BCUT2D eigenvalue weighted by atomic mass is 10.2. The van der Waals surface area contributed by atoms with Crippen molar-refractivity contribution in [1.82, 2.24) is 4.98 Å². The lowest BCUT2D eigenvalue weighted by Crippen LogP contribution is -1.92. The van der Waals surface area contributed by atoms with Gasteiger partial charge < -0.3 is 5.32 Å². The number of amides is 1. The fourth-order valence-corrected chi connectivity index (χ4v) is 2.74. The molecule has 0 aliphatic carbocycles. The average molecular weight is 254 g/mol. The van der Waals surface area contributed by atoms with E-state index in [2.05, 4.69) is 16.4 Å². The van der Waals surface area contributed by atoms with Crippen LogP contribution in [0, 0.1) is 0 Å². The smallest absolute Gasteiger partial charge is 0.211 e. The van der Waals surface area contributed by atoms with Crippen molar-refractivity contribution in [2.24, 2.45) is 0 Å². The maximum absolute atomic E-state index is 10.3. The Morgan fingerprint density at radius 1 is 1.06 bits per heavy atom. The maximum atomic E-state index is 10.3. The zero-order chi connectivity index (χ0) is 12.4. The molecule has 1 N–H and O–H groups in total. The first-order valence-corrected chi connectivity index (χ1v) is 6.35. The monoisotopic (exact) mass is 254 g/mol. The summed E-state index contributed by atoms with van der Waals surface area (Å²) in [6.07, 6.45) is 0.673. The molecule has 0 aliphatic heterocycles. The van der Waals surface area contributed by atoms with Gasteiger partial charge in [0.05, 0.1) is 10.2 Å². The molecule has 2 aromatic carbocycles. The van der Waals surface area contributed by atoms with Crippen molar-refractivity contribution < 1.29 is 4.79 Å². The van der Waals surface area contributed by atoms with E-state index < -0.39 is 0 Å². The van der Waals surface area contributed by atoms with Gasteiger partial charge in [-0.25, -0.2) is 4.98 Å². The van der Waals surface area contributed by atoms with Crippen LogP contribution in [0.4, 0.5) is 5.69 Å². The van der Waals surface area contributed by atoms with E-state index >= 15 is 0 Å². The van der Waals surface area contributed by atoms with Gasteiger partial charge in [-0.15, -0.1) is 11.3 Å². The molecule has 0 aliphatic rings. The van der Waals surface area contributed by atoms with Crippen molar-refractivity contribution in [1.29, 1.82) is 0 Å². The summed E-state index contributed by atoms with van der Waals surface area (Å²) in [5.41, 5.74) is 2.87. The number of para-hydroxylation sites is 1. The first-order valence-electron chi connectivity index (χ1n) is 5.53. The first kappa shape index (κ1) is 10.9. The Kier molecular flexibility index (Phi) is 2.78. The van der Waals surface area contributed by atoms with Gasteiger partial charge in [0, 0.05) is 11.3 Å². The maximum Gasteiger partial charge on any atom is 0.211 e. The molecule has 0 saturated heterocycles. The van der Waals surface area contributed by atoms with Crippen molar-refractivity contribution in [3.8, 4) is 10.6 Å². The van der Waals surface area contributed by atoms with Crippen LogP contribution < -0.4 is 5.32 Å². The Morgan fingerprint density at radius 2 is 1.83 bits per heavy atom. The molecule has 3 rings (SSSR count). The summed E-state index contributed by atoms with van der Waals surface area (Å²) in [5.74, 6) is 0. The molecule has 0 fully saturated rings. The van der Waals surface area contributed by atoms with Crippen LogP contribution in [0.2, 0.25) is 0 Å². The second-order valence-electron chi connectivity index (χ2n) is 3.83. The third-order valence-corrected chi connectivity index (χ3v) is 3.74. The fraction of sp³-hybridized carbons (Fsp3) is 0. The summed E-state index contributed by atoms with van der Waals surface area (Å²) < 4.78 is 1.18. The number of nitrogens with one attached hydrogen (secondary N) is 1. The van der Waals surface area contributed by atoms with Crippen LogP contribution in [-0.4, -0.2) is 11.4 Å². The van der Waals surface area contributed by atoms with Crippen LogP contribution in [0.15, 0.2) is 48.5 Å². The number of hydrogen-bond donors (Lipinski definition) is 1. The lowest BCUT2D eigenvalue weighted by Gasteiger charge is -1.99. The molecule has 0 radical (unpaired) electrons. The highest BCUT2D eigenvalue weighted by Crippen LogP contribution is 2.30. The van der Waals surface area contributed by atoms with E-state index in [4.69, 9.17) is 0 Å². The van der Waals surface area contributed by atoms with Gasteiger partial charge in [0.15, 0.2) is 0 Å². The topological polar surface area (TPSA) is 42.0 Å². The highest BCUT2D eigenvalue weighted by molar-refractivity contribution is 7.21. The summed E-state index contributed by atoms with van der Waals surface area (Å²) in [6.45, 7) is 0. The van der Waals surface area contributed by atoms with Crippen LogP contribution in [0.1, 0.15) is 0 Å². The molecule has 0 saturated carbocycles. The third-order valence-electron chi connectivity index (χ3n) is 2.65. The van der Waals surface area contributed by atoms with Crippen LogP contribution >= 0.6 is 11.3 Å². The van der Waals surface area contributed by atoms with Gasteiger partial charge in [-0.2, -0.15) is 0 Å². The molecule has 18 heavy (non-hydrogen) atoms. The second-order valence-corrected chi connectivity index (χ2v) is 4.86. The predicted molar refractivity (Wildman–Crippen MR) is 74.7 cm³/mol. The highest BCUT2D eigenvalue weighted by Gasteiger charge is 2.05. The molecule has 1 aromatic heterocycles. The predicted octanol–water partition coefficient (Wildman–Crippen LogP) is 3.53. The molecule has 0 spiro atoms. The van der Waals surface area contributed by atoms with Gasteiger partial charge in [-0.1, -0.05) is 12.1 Å². The first-order chi connectivity index (χ1) is 8.86. The number of carbonyl (C=O) groups excluding carboxylic acids is 1. The molecule has 3 nitrogen and oxygen atoms in total. The van der Waals surface area contributed by atoms with Crippen molar-refractivity contribution in [3.63, 3.8) is 0 Å². The Morgan fingerprint density at radius 3 is 2.56 bits per heavy atom. The van der Waals surface area contributed by atoms with Crippen LogP contribution in [0.25, 0.3) is 20.8 Å². The second kappa shape index (κ2) is 4.58. The van der Waals surface area contributed by atoms with Crippen LogP contribution in [-0.2, 0) is 4.79 Å². The number of rotatable bonds is 3. The summed E-state index contributed by atoms with van der Waals surface area (Å²) in [4.78, 5) is 14.9. The molecule has 0 atom stereocenters. The number of nitrogens with zero attached hydrogens (tertiary/aromatic N) is 1. The van der Waals surface area contributed by atoms with E-state index in [1.54, 1.807) is 11.3 Å². The van der Waals surface area contributed by atoms with Crippen molar-refractivity contribution in [3.05, 3.63) is 48.5 Å². The van der Waals surface area contributed by atoms with E-state index in [9.17, 15) is 4.79 Å². The quantitative estimate of drug-likeness (QED) is 0.726. The van der Waals surface area contributed by atoms with Gasteiger partial charge in [-0.05, 0) is 36.4 Å². The van der Waals surface area contributed by atoms with Crippen molar-refractivity contribution >= 4 is 33.7 Å². The fourth-order valence-electron chi connectivity index (χ4n) is 1.77. The molecule has 0 bridgehead atoms. The molecule has 1 heterocycles. The van der Waals surface area contributed by atoms with E-state index in [0.717, 1.165) is 21.8 Å². The number of anilines is 1. The van der Waals surface area contributed by atoms with Gasteiger partial charge in [-0.3, -0.25) is 4.79 Å². The van der Waals surface area contributed by atoms with E-state index in [1.165, 1.54) is 4.70 Å². The Hall–Kier alpha value is -2.20. The minimum atomic E-state index is 0.673. The van der Waals surface area contributed by atoms with Gasteiger partial charge in [0.2, 0.25) is 6.41 Å². The molecule has 3 aromatic rings. The van der Waals surface area contributed by atoms with Gasteiger partial charge in [0.25, 0.3) is 0 Å². The van der Waals surface area contributed by atoms with Gasteiger partial charge in [0.1, 0.15) is 5.01 Å². The number of aromatic nitrogens is 1. The zero-order valence-electron chi connectivity index (χ0n) is 9.46. The SMILES string of the molecule is O=CNc1ccc(-c2nc3ccccc3s2)cc1. The highest BCUT2D eigenvalue weighted by atomic mass is 32.1. The average Bonchev–Trinajstić information content (AvgIpc) is 2.84. The Labute approximate surface area is 108 Å². The molecular weight excluding hydrogens is 244 g/mol. The number of benzene rings is 2. The normalized spacial score (nSPS) is 10.4. The standard InChI is InChI=1S/C14H10N2OS/c17-9-15-11-7-5-10(6-8-11)14-16-12-3-1-2-4-13(12)18-14/h1-9H,(H,15,17). The van der Waals surface area contributed by atoms with E-state index in [1.807, 2.05) is 42.5 Å². The number of carbonyl (C=O) groups is 1. The van der Waals surface area contributed by atoms with Crippen LogP contribution in [0.5, 0.6) is 0 Å². The number of hydrogen-bond acceptors (Lipinski definition) is 3. The minimum absolute atomic E-state index is 0.673. The molecule has 88 valence electrons. The largest absolute Gasteiger partial charge is 0.329 e. The molecule has 4 heteroatoms. The third kappa shape index (κ3) is 1.98.